The van der Waals surface area contributed by atoms with Crippen molar-refractivity contribution in [2.75, 3.05) is 5.75 Å². The Bertz CT molecular complexity index is 746. The second-order valence-electron chi connectivity index (χ2n) is 9.55. The van der Waals surface area contributed by atoms with E-state index in [1.165, 1.54) is 11.3 Å². The molecule has 3 fully saturated rings. The zero-order valence-electron chi connectivity index (χ0n) is 17.6. The standard InChI is InChI=1S/C24H33NO2S/c1-15(2)21-18(14-28-17-9-7-6-8-10-17)22(26)25-23(21)27-20-13-16(3)11-12-19(20)24(25,4)5/h6-10,16,18-21,23H,1,11-14H2,2-5H3/t16-,18-,19-,20-,21-,23+/m1/s1. The Morgan fingerprint density at radius 3 is 2.68 bits per heavy atom. The van der Waals surface area contributed by atoms with Crippen LogP contribution in [0.2, 0.25) is 0 Å². The van der Waals surface area contributed by atoms with E-state index in [0.29, 0.717) is 11.8 Å². The van der Waals surface area contributed by atoms with Crippen LogP contribution in [0.1, 0.15) is 47.0 Å². The molecule has 1 aromatic rings. The van der Waals surface area contributed by atoms with Crippen LogP contribution in [0.25, 0.3) is 0 Å². The van der Waals surface area contributed by atoms with Gasteiger partial charge in [0.05, 0.1) is 12.0 Å². The normalized spacial score (nSPS) is 36.7. The molecule has 1 aromatic carbocycles. The Morgan fingerprint density at radius 1 is 1.29 bits per heavy atom. The fourth-order valence-corrected chi connectivity index (χ4v) is 6.76. The number of ether oxygens (including phenoxy) is 1. The molecule has 152 valence electrons. The van der Waals surface area contributed by atoms with Crippen molar-refractivity contribution in [3.05, 3.63) is 42.5 Å². The van der Waals surface area contributed by atoms with E-state index in [1.807, 2.05) is 6.07 Å². The molecule has 1 saturated carbocycles. The van der Waals surface area contributed by atoms with Crippen molar-refractivity contribution in [1.82, 2.24) is 4.90 Å². The summed E-state index contributed by atoms with van der Waals surface area (Å²) in [5.74, 6) is 2.16. The van der Waals surface area contributed by atoms with Gasteiger partial charge in [-0.05, 0) is 51.7 Å². The number of carbonyl (C=O) groups excluding carboxylic acids is 1. The Kier molecular flexibility index (Phi) is 5.39. The number of hydrogen-bond donors (Lipinski definition) is 0. The third-order valence-corrected chi connectivity index (χ3v) is 8.32. The van der Waals surface area contributed by atoms with Crippen molar-refractivity contribution < 1.29 is 9.53 Å². The lowest BCUT2D eigenvalue weighted by molar-refractivity contribution is -0.224. The van der Waals surface area contributed by atoms with E-state index < -0.39 is 0 Å². The van der Waals surface area contributed by atoms with Gasteiger partial charge in [-0.15, -0.1) is 11.8 Å². The van der Waals surface area contributed by atoms with E-state index >= 15 is 0 Å². The first kappa shape index (κ1) is 20.0. The van der Waals surface area contributed by atoms with Crippen molar-refractivity contribution in [3.8, 4) is 0 Å². The van der Waals surface area contributed by atoms with Crippen LogP contribution in [0.15, 0.2) is 47.4 Å². The first-order chi connectivity index (χ1) is 13.3. The second kappa shape index (κ2) is 7.53. The Labute approximate surface area is 173 Å². The molecule has 4 rings (SSSR count). The molecule has 0 N–H and O–H groups in total. The average molecular weight is 400 g/mol. The van der Waals surface area contributed by atoms with Crippen LogP contribution in [0, 0.1) is 23.7 Å². The molecule has 1 amide bonds. The smallest absolute Gasteiger partial charge is 0.229 e. The molecule has 1 aliphatic carbocycles. The van der Waals surface area contributed by atoms with E-state index in [9.17, 15) is 4.79 Å². The summed E-state index contributed by atoms with van der Waals surface area (Å²) in [6.07, 6.45) is 3.59. The molecular formula is C24H33NO2S. The number of nitrogens with zero attached hydrogens (tertiary/aromatic N) is 1. The Balaban J connectivity index is 1.62. The van der Waals surface area contributed by atoms with Crippen LogP contribution < -0.4 is 0 Å². The molecule has 2 aliphatic heterocycles. The highest BCUT2D eigenvalue weighted by atomic mass is 32.2. The fraction of sp³-hybridized carbons (Fsp3) is 0.625. The minimum atomic E-state index is -0.162. The number of rotatable bonds is 4. The highest BCUT2D eigenvalue weighted by Crippen LogP contribution is 2.52. The summed E-state index contributed by atoms with van der Waals surface area (Å²) in [6.45, 7) is 13.2. The van der Waals surface area contributed by atoms with Crippen molar-refractivity contribution in [3.63, 3.8) is 0 Å². The maximum atomic E-state index is 13.6. The molecule has 0 aromatic heterocycles. The van der Waals surface area contributed by atoms with Crippen molar-refractivity contribution in [1.29, 1.82) is 0 Å². The van der Waals surface area contributed by atoms with Gasteiger partial charge < -0.3 is 9.64 Å². The minimum Gasteiger partial charge on any atom is -0.354 e. The van der Waals surface area contributed by atoms with Gasteiger partial charge in [0.15, 0.2) is 0 Å². The second-order valence-corrected chi connectivity index (χ2v) is 10.6. The number of fused-ring (bicyclic) bond motifs is 2. The van der Waals surface area contributed by atoms with Gasteiger partial charge >= 0.3 is 0 Å². The van der Waals surface area contributed by atoms with Gasteiger partial charge in [-0.1, -0.05) is 43.7 Å². The maximum absolute atomic E-state index is 13.6. The molecular weight excluding hydrogens is 366 g/mol. The van der Waals surface area contributed by atoms with Crippen molar-refractivity contribution in [2.24, 2.45) is 23.7 Å². The van der Waals surface area contributed by atoms with E-state index in [1.54, 1.807) is 11.8 Å². The van der Waals surface area contributed by atoms with Crippen LogP contribution in [0.4, 0.5) is 0 Å². The lowest BCUT2D eigenvalue weighted by Gasteiger charge is -2.56. The zero-order valence-corrected chi connectivity index (χ0v) is 18.4. The van der Waals surface area contributed by atoms with Crippen molar-refractivity contribution >= 4 is 17.7 Å². The van der Waals surface area contributed by atoms with Crippen molar-refractivity contribution in [2.45, 2.75) is 69.7 Å². The first-order valence-corrected chi connectivity index (χ1v) is 11.6. The molecule has 28 heavy (non-hydrogen) atoms. The zero-order chi connectivity index (χ0) is 20.1. The van der Waals surface area contributed by atoms with Crippen LogP contribution in [0.3, 0.4) is 0 Å². The van der Waals surface area contributed by atoms with E-state index in [2.05, 4.69) is 63.4 Å². The van der Waals surface area contributed by atoms with E-state index in [-0.39, 0.29) is 35.6 Å². The van der Waals surface area contributed by atoms with E-state index in [4.69, 9.17) is 4.74 Å². The number of amides is 1. The maximum Gasteiger partial charge on any atom is 0.229 e. The average Bonchev–Trinajstić information content (AvgIpc) is 2.93. The SMILES string of the molecule is C=C(C)[C@@H]1[C@@H](CSc2ccccc2)C(=O)N2[C@H]1O[C@@H]1C[C@H](C)CC[C@H]1C2(C)C. The topological polar surface area (TPSA) is 29.5 Å². The molecule has 6 atom stereocenters. The largest absolute Gasteiger partial charge is 0.354 e. The van der Waals surface area contributed by atoms with Crippen LogP contribution in [-0.2, 0) is 9.53 Å². The fourth-order valence-electron chi connectivity index (χ4n) is 5.68. The number of benzene rings is 1. The van der Waals surface area contributed by atoms with Gasteiger partial charge in [0.1, 0.15) is 6.23 Å². The molecule has 0 spiro atoms. The predicted molar refractivity (Wildman–Crippen MR) is 115 cm³/mol. The molecule has 0 radical (unpaired) electrons. The number of hydrogen-bond acceptors (Lipinski definition) is 3. The van der Waals surface area contributed by atoms with Gasteiger partial charge in [0.2, 0.25) is 5.91 Å². The molecule has 2 saturated heterocycles. The quantitative estimate of drug-likeness (QED) is 0.504. The third kappa shape index (κ3) is 3.33. The van der Waals surface area contributed by atoms with Crippen LogP contribution in [0.5, 0.6) is 0 Å². The summed E-state index contributed by atoms with van der Waals surface area (Å²) < 4.78 is 6.68. The summed E-state index contributed by atoms with van der Waals surface area (Å²) in [5.41, 5.74) is 0.905. The summed E-state index contributed by atoms with van der Waals surface area (Å²) in [6, 6.07) is 10.4. The molecule has 4 heteroatoms. The van der Waals surface area contributed by atoms with Crippen LogP contribution in [-0.4, -0.2) is 34.4 Å². The molecule has 3 nitrogen and oxygen atoms in total. The van der Waals surface area contributed by atoms with Gasteiger partial charge in [-0.2, -0.15) is 0 Å². The predicted octanol–water partition coefficient (Wildman–Crippen LogP) is 5.37. The highest BCUT2D eigenvalue weighted by molar-refractivity contribution is 7.99. The summed E-state index contributed by atoms with van der Waals surface area (Å²) in [7, 11) is 0. The van der Waals surface area contributed by atoms with Gasteiger partial charge in [0.25, 0.3) is 0 Å². The first-order valence-electron chi connectivity index (χ1n) is 10.6. The number of carbonyl (C=O) groups is 1. The Hall–Kier alpha value is -1.26. The molecule has 0 bridgehead atoms. The lowest BCUT2D eigenvalue weighted by Crippen LogP contribution is -2.64. The van der Waals surface area contributed by atoms with Gasteiger partial charge in [-0.25, -0.2) is 0 Å². The summed E-state index contributed by atoms with van der Waals surface area (Å²) in [5, 5.41) is 0. The molecule has 2 heterocycles. The minimum absolute atomic E-state index is 0.0652. The third-order valence-electron chi connectivity index (χ3n) is 7.19. The summed E-state index contributed by atoms with van der Waals surface area (Å²) in [4.78, 5) is 16.9. The monoisotopic (exact) mass is 399 g/mol. The summed E-state index contributed by atoms with van der Waals surface area (Å²) >= 11 is 1.77. The van der Waals surface area contributed by atoms with Gasteiger partial charge in [-0.3, -0.25) is 4.79 Å². The molecule has 0 unspecified atom stereocenters. The van der Waals surface area contributed by atoms with Crippen LogP contribution >= 0.6 is 11.8 Å². The number of thioether (sulfide) groups is 1. The van der Waals surface area contributed by atoms with Gasteiger partial charge in [0, 0.05) is 28.0 Å². The lowest BCUT2D eigenvalue weighted by atomic mass is 9.70. The van der Waals surface area contributed by atoms with E-state index in [0.717, 1.165) is 24.2 Å². The highest BCUT2D eigenvalue weighted by Gasteiger charge is 2.60. The molecule has 3 aliphatic rings. The Morgan fingerprint density at radius 2 is 2.00 bits per heavy atom.